The van der Waals surface area contributed by atoms with E-state index < -0.39 is 29.2 Å². The number of carbonyl (C=O) groups is 3. The van der Waals surface area contributed by atoms with Crippen LogP contribution in [0.5, 0.6) is 11.5 Å². The van der Waals surface area contributed by atoms with E-state index in [4.69, 9.17) is 21.1 Å². The van der Waals surface area contributed by atoms with Crippen LogP contribution in [0.15, 0.2) is 97.2 Å². The number of amides is 1. The summed E-state index contributed by atoms with van der Waals surface area (Å²) in [7, 11) is 3.00. The van der Waals surface area contributed by atoms with Crippen LogP contribution in [-0.4, -0.2) is 42.6 Å². The van der Waals surface area contributed by atoms with E-state index in [-0.39, 0.29) is 17.3 Å². The van der Waals surface area contributed by atoms with Crippen LogP contribution in [0.3, 0.4) is 0 Å². The molecule has 0 unspecified atom stereocenters. The summed E-state index contributed by atoms with van der Waals surface area (Å²) in [5, 5.41) is 3.55. The van der Waals surface area contributed by atoms with Gasteiger partial charge in [0.05, 0.1) is 31.7 Å². The lowest BCUT2D eigenvalue weighted by Crippen LogP contribution is -2.49. The van der Waals surface area contributed by atoms with Gasteiger partial charge in [-0.25, -0.2) is 0 Å². The molecule has 4 aromatic carbocycles. The summed E-state index contributed by atoms with van der Waals surface area (Å²) < 4.78 is 11.1. The Labute approximate surface area is 253 Å². The molecule has 1 amide bonds. The van der Waals surface area contributed by atoms with Crippen molar-refractivity contribution in [1.29, 1.82) is 0 Å². The normalized spacial score (nSPS) is 22.9. The molecule has 0 aliphatic carbocycles. The minimum absolute atomic E-state index is 0.231. The molecule has 1 spiro atoms. The highest BCUT2D eigenvalue weighted by Gasteiger charge is 2.70. The summed E-state index contributed by atoms with van der Waals surface area (Å²) >= 11 is 6.17. The number of nitrogens with zero attached hydrogens (tertiary/aromatic N) is 1. The molecule has 0 saturated carbocycles. The Balaban J connectivity index is 1.55. The van der Waals surface area contributed by atoms with Gasteiger partial charge in [0, 0.05) is 22.5 Å². The molecule has 43 heavy (non-hydrogen) atoms. The number of halogens is 1. The summed E-state index contributed by atoms with van der Waals surface area (Å²) in [6.45, 7) is 0. The average molecular weight is 591 g/mol. The second-order valence-electron chi connectivity index (χ2n) is 10.9. The van der Waals surface area contributed by atoms with E-state index in [0.717, 1.165) is 11.1 Å². The summed E-state index contributed by atoms with van der Waals surface area (Å²) in [6, 6.07) is 25.1. The van der Waals surface area contributed by atoms with Gasteiger partial charge in [0.1, 0.15) is 23.0 Å². The van der Waals surface area contributed by atoms with Crippen molar-refractivity contribution in [2.45, 2.75) is 17.5 Å². The first-order valence-electron chi connectivity index (χ1n) is 13.9. The Bertz CT molecular complexity index is 1830. The van der Waals surface area contributed by atoms with Gasteiger partial charge in [-0.05, 0) is 71.3 Å². The molecule has 1 N–H and O–H groups in total. The smallest absolute Gasteiger partial charge is 0.238 e. The number of rotatable bonds is 6. The summed E-state index contributed by atoms with van der Waals surface area (Å²) in [4.78, 5) is 46.3. The Kier molecular flexibility index (Phi) is 6.36. The third-order valence-electron chi connectivity index (χ3n) is 8.92. The van der Waals surface area contributed by atoms with Crippen molar-refractivity contribution < 1.29 is 23.9 Å². The highest BCUT2D eigenvalue weighted by atomic mass is 35.5. The SMILES string of the molecule is COc1ccc(OC)c(C(=O)[C@@H]2[C@H](C(=O)c3ccc(Cl)cc3)N3C=Cc4ccccc4[C@H]3[C@]23C(=O)Nc2ccccc23)c1. The van der Waals surface area contributed by atoms with E-state index in [0.29, 0.717) is 33.3 Å². The second-order valence-corrected chi connectivity index (χ2v) is 11.3. The van der Waals surface area contributed by atoms with Crippen molar-refractivity contribution >= 4 is 40.8 Å². The predicted molar refractivity (Wildman–Crippen MR) is 164 cm³/mol. The quantitative estimate of drug-likeness (QED) is 0.264. The van der Waals surface area contributed by atoms with Gasteiger partial charge in [-0.1, -0.05) is 54.1 Å². The Hall–Kier alpha value is -4.88. The lowest BCUT2D eigenvalue weighted by Gasteiger charge is -2.38. The number of anilines is 1. The fourth-order valence-corrected chi connectivity index (χ4v) is 7.25. The molecule has 3 aliphatic heterocycles. The molecule has 3 heterocycles. The Morgan fingerprint density at radius 2 is 1.63 bits per heavy atom. The van der Waals surface area contributed by atoms with Crippen LogP contribution in [0.1, 0.15) is 43.4 Å². The highest BCUT2D eigenvalue weighted by molar-refractivity contribution is 6.30. The minimum Gasteiger partial charge on any atom is -0.497 e. The Morgan fingerprint density at radius 1 is 0.884 bits per heavy atom. The zero-order valence-electron chi connectivity index (χ0n) is 23.4. The molecule has 7 rings (SSSR count). The van der Waals surface area contributed by atoms with Gasteiger partial charge in [-0.2, -0.15) is 0 Å². The number of para-hydroxylation sites is 1. The van der Waals surface area contributed by atoms with Gasteiger partial charge in [-0.15, -0.1) is 0 Å². The van der Waals surface area contributed by atoms with Crippen LogP contribution in [0.25, 0.3) is 6.08 Å². The number of methoxy groups -OCH3 is 2. The van der Waals surface area contributed by atoms with Crippen molar-refractivity contribution in [2.24, 2.45) is 5.92 Å². The molecule has 4 atom stereocenters. The molecule has 214 valence electrons. The Morgan fingerprint density at radius 3 is 2.40 bits per heavy atom. The van der Waals surface area contributed by atoms with Gasteiger partial charge < -0.3 is 19.7 Å². The fraction of sp³-hybridized carbons (Fsp3) is 0.171. The molecular formula is C35H27ClN2O5. The topological polar surface area (TPSA) is 84.9 Å². The van der Waals surface area contributed by atoms with Crippen molar-refractivity contribution in [1.82, 2.24) is 4.90 Å². The van der Waals surface area contributed by atoms with E-state index in [1.807, 2.05) is 65.7 Å². The van der Waals surface area contributed by atoms with Crippen LogP contribution < -0.4 is 14.8 Å². The summed E-state index contributed by atoms with van der Waals surface area (Å²) in [5.41, 5.74) is 2.24. The van der Waals surface area contributed by atoms with Crippen LogP contribution >= 0.6 is 11.6 Å². The molecule has 0 aromatic heterocycles. The number of benzene rings is 4. The number of fused-ring (bicyclic) bond motifs is 6. The van der Waals surface area contributed by atoms with E-state index in [9.17, 15) is 9.59 Å². The largest absolute Gasteiger partial charge is 0.497 e. The molecule has 0 bridgehead atoms. The number of carbonyl (C=O) groups excluding carboxylic acids is 3. The lowest BCUT2D eigenvalue weighted by atomic mass is 9.62. The molecule has 4 aromatic rings. The first-order chi connectivity index (χ1) is 20.9. The van der Waals surface area contributed by atoms with Crippen LogP contribution in [-0.2, 0) is 10.2 Å². The first-order valence-corrected chi connectivity index (χ1v) is 14.3. The van der Waals surface area contributed by atoms with Crippen molar-refractivity contribution in [3.63, 3.8) is 0 Å². The third-order valence-corrected chi connectivity index (χ3v) is 9.17. The van der Waals surface area contributed by atoms with Crippen LogP contribution in [0.2, 0.25) is 5.02 Å². The van der Waals surface area contributed by atoms with Crippen molar-refractivity contribution in [2.75, 3.05) is 19.5 Å². The molecule has 8 heteroatoms. The highest BCUT2D eigenvalue weighted by Crippen LogP contribution is 2.62. The molecule has 1 fully saturated rings. The molecule has 3 aliphatic rings. The number of hydrogen-bond acceptors (Lipinski definition) is 6. The minimum atomic E-state index is -1.45. The third kappa shape index (κ3) is 3.85. The number of ketones is 2. The maximum absolute atomic E-state index is 15.1. The van der Waals surface area contributed by atoms with E-state index in [1.165, 1.54) is 14.2 Å². The molecule has 7 nitrogen and oxygen atoms in total. The van der Waals surface area contributed by atoms with E-state index in [2.05, 4.69) is 5.32 Å². The van der Waals surface area contributed by atoms with Gasteiger partial charge in [0.25, 0.3) is 0 Å². The molecular weight excluding hydrogens is 564 g/mol. The maximum atomic E-state index is 15.1. The van der Waals surface area contributed by atoms with Gasteiger partial charge in [0.15, 0.2) is 11.6 Å². The van der Waals surface area contributed by atoms with Crippen molar-refractivity contribution in [3.8, 4) is 11.5 Å². The van der Waals surface area contributed by atoms with Crippen LogP contribution in [0.4, 0.5) is 5.69 Å². The monoisotopic (exact) mass is 590 g/mol. The zero-order valence-corrected chi connectivity index (χ0v) is 24.2. The number of Topliss-reactive ketones (excluding diaryl/α,β-unsaturated/α-hetero) is 2. The summed E-state index contributed by atoms with van der Waals surface area (Å²) in [5.74, 6) is -1.38. The van der Waals surface area contributed by atoms with Crippen molar-refractivity contribution in [3.05, 3.63) is 130 Å². The van der Waals surface area contributed by atoms with Gasteiger partial charge in [0.2, 0.25) is 5.91 Å². The van der Waals surface area contributed by atoms with Gasteiger partial charge in [-0.3, -0.25) is 14.4 Å². The average Bonchev–Trinajstić information content (AvgIpc) is 3.52. The standard InChI is InChI=1S/C35H27ClN2O5/c1-42-23-15-16-28(43-2)25(19-23)32(40)29-30(31(39)21-11-13-22(36)14-12-21)38-18-17-20-7-3-4-8-24(20)33(38)35(29)26-9-5-6-10-27(26)37-34(35)41/h3-19,29-30,33H,1-2H3,(H,37,41)/t29-,30+,33-,35+/m0/s1. The van der Waals surface area contributed by atoms with Crippen LogP contribution in [0, 0.1) is 5.92 Å². The number of ether oxygens (including phenoxy) is 2. The van der Waals surface area contributed by atoms with E-state index in [1.54, 1.807) is 42.5 Å². The summed E-state index contributed by atoms with van der Waals surface area (Å²) in [6.07, 6.45) is 3.77. The number of nitrogens with one attached hydrogen (secondary N) is 1. The first kappa shape index (κ1) is 27.0. The molecule has 0 radical (unpaired) electrons. The van der Waals surface area contributed by atoms with E-state index >= 15 is 4.79 Å². The number of hydrogen-bond donors (Lipinski definition) is 1. The van der Waals surface area contributed by atoms with Gasteiger partial charge >= 0.3 is 0 Å². The predicted octanol–water partition coefficient (Wildman–Crippen LogP) is 6.34. The second kappa shape index (κ2) is 10.1. The zero-order chi connectivity index (χ0) is 29.9. The maximum Gasteiger partial charge on any atom is 0.238 e. The molecule has 1 saturated heterocycles. The fourth-order valence-electron chi connectivity index (χ4n) is 7.13. The lowest BCUT2D eigenvalue weighted by molar-refractivity contribution is -0.122.